The van der Waals surface area contributed by atoms with Crippen molar-refractivity contribution in [3.63, 3.8) is 0 Å². The number of hydrogen-bond donors (Lipinski definition) is 1. The molecule has 1 aromatic carbocycles. The Hall–Kier alpha value is -0.626. The molecule has 1 aliphatic heterocycles. The largest absolute Gasteiger partial charge is 0.407 e. The molecule has 1 saturated carbocycles. The third-order valence-corrected chi connectivity index (χ3v) is 6.49. The Morgan fingerprint density at radius 2 is 1.55 bits per heavy atom. The minimum Gasteiger partial charge on any atom is -0.407 e. The smallest absolute Gasteiger partial charge is 0.185 e. The third kappa shape index (κ3) is 2.58. The molecule has 3 rings (SSSR count). The first-order chi connectivity index (χ1) is 10.1. The predicted octanol–water partition coefficient (Wildman–Crippen LogP) is 4.54. The van der Waals surface area contributed by atoms with Gasteiger partial charge < -0.3 is 14.2 Å². The molecular formula is C17H29NO2Si2. The summed E-state index contributed by atoms with van der Waals surface area (Å²) in [6.07, 6.45) is 2.16. The normalized spacial score (nSPS) is 30.8. The Labute approximate surface area is 136 Å². The van der Waals surface area contributed by atoms with Crippen LogP contribution < -0.4 is 5.32 Å². The molecule has 1 aliphatic carbocycles. The second-order valence-electron chi connectivity index (χ2n) is 8.65. The molecule has 2 atom stereocenters. The summed E-state index contributed by atoms with van der Waals surface area (Å²) in [5, 5.41) is 3.60. The van der Waals surface area contributed by atoms with Crippen LogP contribution in [0.25, 0.3) is 0 Å². The molecule has 0 radical (unpaired) electrons. The van der Waals surface area contributed by atoms with Crippen molar-refractivity contribution in [1.29, 1.82) is 0 Å². The van der Waals surface area contributed by atoms with Gasteiger partial charge in [0.2, 0.25) is 0 Å². The number of hydrogen-bond acceptors (Lipinski definition) is 3. The quantitative estimate of drug-likeness (QED) is 0.819. The lowest BCUT2D eigenvalue weighted by Gasteiger charge is -2.64. The van der Waals surface area contributed by atoms with E-state index >= 15 is 0 Å². The van der Waals surface area contributed by atoms with E-state index in [2.05, 4.69) is 68.9 Å². The number of fused-ring (bicyclic) bond motifs is 3. The van der Waals surface area contributed by atoms with Crippen LogP contribution >= 0.6 is 0 Å². The summed E-state index contributed by atoms with van der Waals surface area (Å²) < 4.78 is 13.6. The van der Waals surface area contributed by atoms with Gasteiger partial charge in [0.1, 0.15) is 11.2 Å². The van der Waals surface area contributed by atoms with E-state index in [0.29, 0.717) is 0 Å². The van der Waals surface area contributed by atoms with Gasteiger partial charge in [0, 0.05) is 17.8 Å². The zero-order valence-electron chi connectivity index (χ0n) is 14.7. The maximum Gasteiger partial charge on any atom is 0.185 e. The van der Waals surface area contributed by atoms with Crippen molar-refractivity contribution in [3.05, 3.63) is 29.8 Å². The van der Waals surface area contributed by atoms with Crippen LogP contribution in [0, 0.1) is 0 Å². The van der Waals surface area contributed by atoms with Crippen LogP contribution in [0.4, 0.5) is 5.69 Å². The molecule has 122 valence electrons. The lowest BCUT2D eigenvalue weighted by molar-refractivity contribution is -0.202. The minimum absolute atomic E-state index is 0.188. The molecule has 2 aliphatic rings. The molecule has 0 bridgehead atoms. The van der Waals surface area contributed by atoms with Gasteiger partial charge in [-0.25, -0.2) is 0 Å². The summed E-state index contributed by atoms with van der Waals surface area (Å²) in [5.41, 5.74) is 2.08. The number of rotatable bonds is 4. The molecule has 1 N–H and O–H groups in total. The maximum absolute atomic E-state index is 6.84. The topological polar surface area (TPSA) is 30.5 Å². The lowest BCUT2D eigenvalue weighted by atomic mass is 9.60. The summed E-state index contributed by atoms with van der Waals surface area (Å²) in [6, 6.07) is 8.61. The molecule has 1 aromatic rings. The van der Waals surface area contributed by atoms with Crippen LogP contribution in [0.2, 0.25) is 39.3 Å². The predicted molar refractivity (Wildman–Crippen MR) is 97.4 cm³/mol. The van der Waals surface area contributed by atoms with Gasteiger partial charge in [0.05, 0.1) is 0 Å². The van der Waals surface area contributed by atoms with Crippen molar-refractivity contribution in [2.75, 3.05) is 11.9 Å². The van der Waals surface area contributed by atoms with E-state index in [0.717, 1.165) is 19.4 Å². The van der Waals surface area contributed by atoms with Crippen LogP contribution in [-0.2, 0) is 14.5 Å². The molecule has 1 heterocycles. The molecule has 0 aromatic heterocycles. The average molecular weight is 336 g/mol. The molecule has 0 unspecified atom stereocenters. The third-order valence-electron chi connectivity index (χ3n) is 4.53. The van der Waals surface area contributed by atoms with Crippen LogP contribution in [0.1, 0.15) is 18.4 Å². The van der Waals surface area contributed by atoms with Crippen LogP contribution in [0.3, 0.4) is 0 Å². The minimum atomic E-state index is -1.69. The molecule has 22 heavy (non-hydrogen) atoms. The van der Waals surface area contributed by atoms with E-state index in [-0.39, 0.29) is 11.2 Å². The highest BCUT2D eigenvalue weighted by atomic mass is 28.4. The lowest BCUT2D eigenvalue weighted by Crippen LogP contribution is -2.72. The summed E-state index contributed by atoms with van der Waals surface area (Å²) in [7, 11) is -3.35. The standard InChI is InChI=1S/C17H29NO2Si2/c1-21(2,3)19-16-11-12-17(16,20-22(4,5)6)14-9-7-8-10-15(14)18-13-16/h7-10,18H,11-13H2,1-6H3/t16-,17+/m1/s1. The van der Waals surface area contributed by atoms with Gasteiger partial charge >= 0.3 is 0 Å². The molecule has 5 heteroatoms. The molecule has 3 nitrogen and oxygen atoms in total. The van der Waals surface area contributed by atoms with E-state index in [9.17, 15) is 0 Å². The molecule has 0 amide bonds. The Bertz CT molecular complexity index is 579. The summed E-state index contributed by atoms with van der Waals surface area (Å²) in [4.78, 5) is 0. The van der Waals surface area contributed by atoms with Gasteiger partial charge in [-0.1, -0.05) is 18.2 Å². The Kier molecular flexibility index (Phi) is 3.64. The van der Waals surface area contributed by atoms with E-state index < -0.39 is 16.6 Å². The van der Waals surface area contributed by atoms with Crippen LogP contribution in [-0.4, -0.2) is 28.8 Å². The van der Waals surface area contributed by atoms with Crippen molar-refractivity contribution in [2.45, 2.75) is 63.3 Å². The first kappa shape index (κ1) is 16.2. The van der Waals surface area contributed by atoms with Crippen molar-refractivity contribution in [1.82, 2.24) is 0 Å². The highest BCUT2D eigenvalue weighted by molar-refractivity contribution is 6.70. The number of benzene rings is 1. The molecule has 0 saturated heterocycles. The van der Waals surface area contributed by atoms with Crippen molar-refractivity contribution < 1.29 is 8.85 Å². The Morgan fingerprint density at radius 3 is 2.09 bits per heavy atom. The van der Waals surface area contributed by atoms with Gasteiger partial charge in [-0.3, -0.25) is 0 Å². The van der Waals surface area contributed by atoms with Crippen molar-refractivity contribution >= 4 is 22.3 Å². The van der Waals surface area contributed by atoms with Gasteiger partial charge in [-0.15, -0.1) is 0 Å². The zero-order valence-corrected chi connectivity index (χ0v) is 16.7. The van der Waals surface area contributed by atoms with E-state index in [4.69, 9.17) is 8.85 Å². The summed E-state index contributed by atoms with van der Waals surface area (Å²) >= 11 is 0. The van der Waals surface area contributed by atoms with Gasteiger partial charge in [-0.05, 0) is 58.2 Å². The summed E-state index contributed by atoms with van der Waals surface area (Å²) in [5.74, 6) is 0. The van der Waals surface area contributed by atoms with E-state index in [1.54, 1.807) is 0 Å². The second-order valence-corrected chi connectivity index (χ2v) is 17.5. The molecule has 0 spiro atoms. The zero-order chi connectivity index (χ0) is 16.2. The number of anilines is 1. The van der Waals surface area contributed by atoms with Gasteiger partial charge in [0.25, 0.3) is 0 Å². The highest BCUT2D eigenvalue weighted by Crippen LogP contribution is 2.60. The first-order valence-corrected chi connectivity index (χ1v) is 15.1. The van der Waals surface area contributed by atoms with Gasteiger partial charge in [-0.2, -0.15) is 0 Å². The molecule has 1 fully saturated rings. The SMILES string of the molecule is C[Si](C)(C)O[C@@]12CC[C@]1(O[Si](C)(C)C)c1ccccc1NC2. The fourth-order valence-corrected chi connectivity index (χ4v) is 6.90. The maximum atomic E-state index is 6.84. The fraction of sp³-hybridized carbons (Fsp3) is 0.647. The Balaban J connectivity index is 2.09. The molecular weight excluding hydrogens is 306 g/mol. The van der Waals surface area contributed by atoms with E-state index in [1.807, 2.05) is 0 Å². The van der Waals surface area contributed by atoms with Crippen LogP contribution in [0.15, 0.2) is 24.3 Å². The average Bonchev–Trinajstić information content (AvgIpc) is 2.36. The Morgan fingerprint density at radius 1 is 0.909 bits per heavy atom. The fourth-order valence-electron chi connectivity index (χ4n) is 3.95. The number of nitrogens with one attached hydrogen (secondary N) is 1. The monoisotopic (exact) mass is 335 g/mol. The van der Waals surface area contributed by atoms with Crippen LogP contribution in [0.5, 0.6) is 0 Å². The highest BCUT2D eigenvalue weighted by Gasteiger charge is 2.66. The first-order valence-electron chi connectivity index (χ1n) is 8.31. The van der Waals surface area contributed by atoms with E-state index in [1.165, 1.54) is 11.3 Å². The summed E-state index contributed by atoms with van der Waals surface area (Å²) in [6.45, 7) is 14.5. The van der Waals surface area contributed by atoms with Gasteiger partial charge in [0.15, 0.2) is 16.6 Å². The number of para-hydroxylation sites is 1. The van der Waals surface area contributed by atoms with Crippen molar-refractivity contribution in [2.24, 2.45) is 0 Å². The second kappa shape index (κ2) is 4.93. The van der Waals surface area contributed by atoms with Crippen molar-refractivity contribution in [3.8, 4) is 0 Å².